The number of anilines is 1. The molecule has 2 amide bonds. The third-order valence-corrected chi connectivity index (χ3v) is 4.05. The first-order chi connectivity index (χ1) is 11.4. The van der Waals surface area contributed by atoms with Gasteiger partial charge in [0.15, 0.2) is 0 Å². The highest BCUT2D eigenvalue weighted by Crippen LogP contribution is 2.18. The number of carbonyl (C=O) groups excluding carboxylic acids is 2. The molecule has 0 saturated heterocycles. The van der Waals surface area contributed by atoms with Crippen LogP contribution in [-0.2, 0) is 0 Å². The second kappa shape index (κ2) is 7.77. The van der Waals surface area contributed by atoms with E-state index < -0.39 is 0 Å². The number of rotatable bonds is 5. The number of hydrogen-bond acceptors (Lipinski definition) is 2. The predicted molar refractivity (Wildman–Crippen MR) is 97.5 cm³/mol. The van der Waals surface area contributed by atoms with Crippen LogP contribution in [0.2, 0.25) is 0 Å². The van der Waals surface area contributed by atoms with E-state index in [4.69, 9.17) is 0 Å². The standard InChI is InChI=1S/C20H24N2O2/c1-5-15(4)21-19(23)16-8-6-7-9-18(16)22-20(24)17-12-13(2)10-11-14(17)3/h6-12,15H,5H2,1-4H3,(H,21,23)(H,22,24)/t15-/m0/s1. The first kappa shape index (κ1) is 17.7. The Balaban J connectivity index is 2.25. The zero-order chi connectivity index (χ0) is 17.7. The highest BCUT2D eigenvalue weighted by Gasteiger charge is 2.16. The second-order valence-corrected chi connectivity index (χ2v) is 6.10. The van der Waals surface area contributed by atoms with E-state index in [0.29, 0.717) is 16.8 Å². The SMILES string of the molecule is CC[C@H](C)NC(=O)c1ccccc1NC(=O)c1cc(C)ccc1C. The van der Waals surface area contributed by atoms with Gasteiger partial charge in [-0.1, -0.05) is 36.8 Å². The molecule has 0 bridgehead atoms. The fourth-order valence-corrected chi connectivity index (χ4v) is 2.36. The molecule has 4 nitrogen and oxygen atoms in total. The molecule has 0 fully saturated rings. The molecule has 2 N–H and O–H groups in total. The predicted octanol–water partition coefficient (Wildman–Crippen LogP) is 4.08. The maximum atomic E-state index is 12.6. The van der Waals surface area contributed by atoms with Crippen molar-refractivity contribution in [1.29, 1.82) is 0 Å². The first-order valence-corrected chi connectivity index (χ1v) is 8.21. The summed E-state index contributed by atoms with van der Waals surface area (Å²) in [4.78, 5) is 25.0. The van der Waals surface area contributed by atoms with Crippen molar-refractivity contribution in [3.05, 3.63) is 64.7 Å². The van der Waals surface area contributed by atoms with Gasteiger partial charge in [0, 0.05) is 11.6 Å². The summed E-state index contributed by atoms with van der Waals surface area (Å²) < 4.78 is 0. The van der Waals surface area contributed by atoms with Gasteiger partial charge in [0.25, 0.3) is 11.8 Å². The summed E-state index contributed by atoms with van der Waals surface area (Å²) in [6.45, 7) is 7.81. The van der Waals surface area contributed by atoms with E-state index in [1.54, 1.807) is 24.3 Å². The van der Waals surface area contributed by atoms with Crippen molar-refractivity contribution >= 4 is 17.5 Å². The molecule has 0 saturated carbocycles. The van der Waals surface area contributed by atoms with E-state index in [-0.39, 0.29) is 17.9 Å². The molecular weight excluding hydrogens is 300 g/mol. The first-order valence-electron chi connectivity index (χ1n) is 8.21. The molecule has 2 aromatic carbocycles. The third kappa shape index (κ3) is 4.22. The number of carbonyl (C=O) groups is 2. The number of amides is 2. The average Bonchev–Trinajstić information content (AvgIpc) is 2.57. The molecular formula is C20H24N2O2. The largest absolute Gasteiger partial charge is 0.350 e. The molecule has 24 heavy (non-hydrogen) atoms. The molecule has 0 radical (unpaired) electrons. The van der Waals surface area contributed by atoms with Crippen LogP contribution in [0.1, 0.15) is 52.1 Å². The highest BCUT2D eigenvalue weighted by atomic mass is 16.2. The molecule has 126 valence electrons. The molecule has 0 spiro atoms. The fraction of sp³-hybridized carbons (Fsp3) is 0.300. The van der Waals surface area contributed by atoms with Gasteiger partial charge in [0.05, 0.1) is 11.3 Å². The Labute approximate surface area is 143 Å². The van der Waals surface area contributed by atoms with Crippen LogP contribution in [-0.4, -0.2) is 17.9 Å². The molecule has 4 heteroatoms. The summed E-state index contributed by atoms with van der Waals surface area (Å²) in [7, 11) is 0. The van der Waals surface area contributed by atoms with Crippen LogP contribution in [0.15, 0.2) is 42.5 Å². The number of hydrogen-bond donors (Lipinski definition) is 2. The van der Waals surface area contributed by atoms with Gasteiger partial charge in [0.1, 0.15) is 0 Å². The lowest BCUT2D eigenvalue weighted by Crippen LogP contribution is -2.32. The molecule has 2 rings (SSSR count). The molecule has 0 aliphatic heterocycles. The van der Waals surface area contributed by atoms with Crippen molar-refractivity contribution in [3.8, 4) is 0 Å². The van der Waals surface area contributed by atoms with Gasteiger partial charge >= 0.3 is 0 Å². The Hall–Kier alpha value is -2.62. The van der Waals surface area contributed by atoms with E-state index >= 15 is 0 Å². The monoisotopic (exact) mass is 324 g/mol. The van der Waals surface area contributed by atoms with Crippen LogP contribution < -0.4 is 10.6 Å². The fourth-order valence-electron chi connectivity index (χ4n) is 2.36. The number of para-hydroxylation sites is 1. The van der Waals surface area contributed by atoms with Crippen molar-refractivity contribution in [3.63, 3.8) is 0 Å². The van der Waals surface area contributed by atoms with Crippen molar-refractivity contribution < 1.29 is 9.59 Å². The average molecular weight is 324 g/mol. The summed E-state index contributed by atoms with van der Waals surface area (Å²) in [5.74, 6) is -0.388. The van der Waals surface area contributed by atoms with Gasteiger partial charge in [-0.15, -0.1) is 0 Å². The minimum absolute atomic E-state index is 0.0836. The van der Waals surface area contributed by atoms with Crippen molar-refractivity contribution in [2.45, 2.75) is 40.2 Å². The van der Waals surface area contributed by atoms with E-state index in [1.165, 1.54) is 0 Å². The zero-order valence-corrected chi connectivity index (χ0v) is 14.6. The molecule has 0 aromatic heterocycles. The smallest absolute Gasteiger partial charge is 0.255 e. The van der Waals surface area contributed by atoms with Crippen LogP contribution in [0.4, 0.5) is 5.69 Å². The maximum absolute atomic E-state index is 12.6. The van der Waals surface area contributed by atoms with Gasteiger partial charge in [-0.05, 0) is 51.0 Å². The van der Waals surface area contributed by atoms with Gasteiger partial charge in [-0.3, -0.25) is 9.59 Å². The molecule has 0 heterocycles. The Kier molecular flexibility index (Phi) is 5.74. The van der Waals surface area contributed by atoms with Crippen LogP contribution in [0.5, 0.6) is 0 Å². The minimum Gasteiger partial charge on any atom is -0.350 e. The Morgan fingerprint density at radius 1 is 1.00 bits per heavy atom. The van der Waals surface area contributed by atoms with E-state index in [1.807, 2.05) is 45.9 Å². The third-order valence-electron chi connectivity index (χ3n) is 4.05. The zero-order valence-electron chi connectivity index (χ0n) is 14.6. The minimum atomic E-state index is -0.208. The Morgan fingerprint density at radius 2 is 1.71 bits per heavy atom. The van der Waals surface area contributed by atoms with Gasteiger partial charge < -0.3 is 10.6 Å². The maximum Gasteiger partial charge on any atom is 0.255 e. The van der Waals surface area contributed by atoms with Crippen LogP contribution >= 0.6 is 0 Å². The van der Waals surface area contributed by atoms with E-state index in [0.717, 1.165) is 17.5 Å². The normalized spacial score (nSPS) is 11.7. The van der Waals surface area contributed by atoms with Crippen LogP contribution in [0.25, 0.3) is 0 Å². The van der Waals surface area contributed by atoms with Crippen molar-refractivity contribution in [1.82, 2.24) is 5.32 Å². The lowest BCUT2D eigenvalue weighted by atomic mass is 10.0. The van der Waals surface area contributed by atoms with E-state index in [2.05, 4.69) is 10.6 Å². The van der Waals surface area contributed by atoms with Crippen LogP contribution in [0.3, 0.4) is 0 Å². The quantitative estimate of drug-likeness (QED) is 0.870. The summed E-state index contributed by atoms with van der Waals surface area (Å²) in [5.41, 5.74) is 3.53. The molecule has 0 aliphatic rings. The Morgan fingerprint density at radius 3 is 2.42 bits per heavy atom. The van der Waals surface area contributed by atoms with Gasteiger partial charge in [-0.2, -0.15) is 0 Å². The number of aryl methyl sites for hydroxylation is 2. The number of benzene rings is 2. The van der Waals surface area contributed by atoms with Gasteiger partial charge in [-0.25, -0.2) is 0 Å². The van der Waals surface area contributed by atoms with E-state index in [9.17, 15) is 9.59 Å². The van der Waals surface area contributed by atoms with Crippen molar-refractivity contribution in [2.24, 2.45) is 0 Å². The number of nitrogens with one attached hydrogen (secondary N) is 2. The molecule has 0 aliphatic carbocycles. The lowest BCUT2D eigenvalue weighted by Gasteiger charge is -2.15. The van der Waals surface area contributed by atoms with Crippen LogP contribution in [0, 0.1) is 13.8 Å². The molecule has 1 atom stereocenters. The topological polar surface area (TPSA) is 58.2 Å². The highest BCUT2D eigenvalue weighted by molar-refractivity contribution is 6.09. The lowest BCUT2D eigenvalue weighted by molar-refractivity contribution is 0.0940. The summed E-state index contributed by atoms with van der Waals surface area (Å²) in [6.07, 6.45) is 0.850. The molecule has 2 aromatic rings. The molecule has 0 unspecified atom stereocenters. The van der Waals surface area contributed by atoms with Gasteiger partial charge in [0.2, 0.25) is 0 Å². The summed E-state index contributed by atoms with van der Waals surface area (Å²) >= 11 is 0. The summed E-state index contributed by atoms with van der Waals surface area (Å²) in [6, 6.07) is 12.9. The van der Waals surface area contributed by atoms with Crippen molar-refractivity contribution in [2.75, 3.05) is 5.32 Å². The Bertz CT molecular complexity index is 753. The summed E-state index contributed by atoms with van der Waals surface area (Å²) in [5, 5.41) is 5.80. The second-order valence-electron chi connectivity index (χ2n) is 6.10.